The molecule has 0 radical (unpaired) electrons. The summed E-state index contributed by atoms with van der Waals surface area (Å²) in [6, 6.07) is -4.24. The van der Waals surface area contributed by atoms with E-state index in [0.29, 0.717) is 16.9 Å². The zero-order chi connectivity index (χ0) is 94.2. The third kappa shape index (κ3) is 34.0. The standard InChI is InChI=1S/C88H144N16O20/c1-24-58-46-69(107)79(80(116)55(14)44-70-96-61-26-25-59(45-62(61)97-70)82(118)94-37-31-75(112)92-35-29-73(110)90-33-27-71(108)89-34-28-72(109)91-36-30-74(111)93-38-32-77(114)115)104(23)88(124)78(54(12)13)103(22)87(123)66(42-52(8)9)102(21)86(122)65(41-51(6)7)101(20)83(119)57(16)95-81(117)56(15)43-67(105)64(40-50(4)5)100(19)85(121)60(53(10)11)47-68(106)63(39-49(2)3)99(18)76(113)48-98(17)84(58)120/h25-26,45,49-58,60,63-66,78-80,116H,24,27-44,46-48H2,1-23H3,(H,89,108)(H,90,110)(H,91,109)(H,92,112)(H,93,111)(H,94,118)(H,95,117)(H,96,97)(H,114,115)/t55-,56-,57-,58-,60+,63+,64+,65+,66+,78+,79-,80-/m1/s1. The number of aliphatic hydroxyl groups excluding tert-OH is 1. The molecule has 10 N–H and O–H groups in total. The summed E-state index contributed by atoms with van der Waals surface area (Å²) in [6.45, 7) is 27.4. The minimum Gasteiger partial charge on any atom is -0.481 e. The van der Waals surface area contributed by atoms with Gasteiger partial charge >= 0.3 is 5.97 Å². The molecular formula is C88H144N16O20. The Morgan fingerprint density at radius 1 is 0.468 bits per heavy atom. The van der Waals surface area contributed by atoms with E-state index in [1.165, 1.54) is 99.8 Å². The van der Waals surface area contributed by atoms with Crippen molar-refractivity contribution in [2.45, 2.75) is 255 Å². The van der Waals surface area contributed by atoms with Crippen LogP contribution in [0.2, 0.25) is 0 Å². The number of aromatic amines is 1. The number of carboxylic acid groups (broad SMARTS) is 1. The Morgan fingerprint density at radius 3 is 1.32 bits per heavy atom. The molecule has 1 fully saturated rings. The molecule has 1 aromatic carbocycles. The second-order valence-corrected chi connectivity index (χ2v) is 35.7. The van der Waals surface area contributed by atoms with Gasteiger partial charge in [0.2, 0.25) is 76.8 Å². The summed E-state index contributed by atoms with van der Waals surface area (Å²) in [5.74, 6) is -16.2. The molecule has 1 aromatic heterocycles. The number of fused-ring (bicyclic) bond motifs is 1. The van der Waals surface area contributed by atoms with Gasteiger partial charge in [-0.25, -0.2) is 4.98 Å². The Morgan fingerprint density at radius 2 is 0.879 bits per heavy atom. The van der Waals surface area contributed by atoms with Crippen LogP contribution in [-0.4, -0.2) is 304 Å². The molecule has 0 bridgehead atoms. The molecule has 3 rings (SSSR count). The fourth-order valence-electron chi connectivity index (χ4n) is 15.2. The number of rotatable bonds is 34. The number of imidazole rings is 1. The number of nitrogens with zero attached hydrogens (tertiary/aromatic N) is 8. The number of hydrogen-bond donors (Lipinski definition) is 10. The van der Waals surface area contributed by atoms with Crippen molar-refractivity contribution < 1.29 is 96.5 Å². The maximum Gasteiger partial charge on any atom is 0.305 e. The van der Waals surface area contributed by atoms with Gasteiger partial charge in [-0.3, -0.25) is 86.3 Å². The molecule has 1 aliphatic rings. The van der Waals surface area contributed by atoms with Crippen molar-refractivity contribution in [1.29, 1.82) is 0 Å². The van der Waals surface area contributed by atoms with Crippen LogP contribution in [-0.2, 0) is 87.9 Å². The van der Waals surface area contributed by atoms with Crippen LogP contribution in [0.1, 0.15) is 217 Å². The highest BCUT2D eigenvalue weighted by Crippen LogP contribution is 2.30. The van der Waals surface area contributed by atoms with Gasteiger partial charge in [-0.1, -0.05) is 104 Å². The molecule has 0 spiro atoms. The van der Waals surface area contributed by atoms with Crippen LogP contribution in [0.25, 0.3) is 11.0 Å². The number of likely N-dealkylation sites (N-methyl/N-ethyl adjacent to an activating group) is 7. The number of amides is 14. The molecule has 0 unspecified atom stereocenters. The quantitative estimate of drug-likeness (QED) is 0.0480. The van der Waals surface area contributed by atoms with Crippen LogP contribution in [0.3, 0.4) is 0 Å². The highest BCUT2D eigenvalue weighted by Gasteiger charge is 2.46. The average molecular weight is 1750 g/mol. The summed E-state index contributed by atoms with van der Waals surface area (Å²) < 4.78 is 0. The maximum absolute atomic E-state index is 15.7. The highest BCUT2D eigenvalue weighted by atomic mass is 16.4. The maximum atomic E-state index is 15.7. The van der Waals surface area contributed by atoms with Crippen molar-refractivity contribution in [1.82, 2.24) is 81.5 Å². The number of benzene rings is 1. The minimum absolute atomic E-state index is 0.000293. The van der Waals surface area contributed by atoms with Gasteiger partial charge < -0.3 is 86.7 Å². The van der Waals surface area contributed by atoms with Gasteiger partial charge in [0.05, 0.1) is 42.2 Å². The average Bonchev–Trinajstić information content (AvgIpc) is 1.05. The largest absolute Gasteiger partial charge is 0.481 e. The smallest absolute Gasteiger partial charge is 0.305 e. The Hall–Kier alpha value is -10.3. The van der Waals surface area contributed by atoms with Crippen molar-refractivity contribution in [2.24, 2.45) is 59.2 Å². The number of carbonyl (C=O) groups excluding carboxylic acids is 17. The lowest BCUT2D eigenvalue weighted by molar-refractivity contribution is -0.157. The lowest BCUT2D eigenvalue weighted by Crippen LogP contribution is -2.62. The first-order valence-electron chi connectivity index (χ1n) is 43.6. The Bertz CT molecular complexity index is 4030. The zero-order valence-corrected chi connectivity index (χ0v) is 77.5. The molecule has 2 aromatic rings. The SMILES string of the molecule is CC[C@@H]1CC(=O)[C@H]([C@H](O)[C@H](C)Cc2nc3ccc(C(=O)NCCC(=O)NCCC(=O)NCCC(=O)NCCC(=O)NCCC(=O)NCCC(=O)O)cc3[nH]2)N(C)C(=O)[C@H](C(C)C)N(C)C(=O)[C@H](CC(C)C)N(C)C(=O)[C@H](CC(C)C)N(C)C(=O)[C@@H](C)NC(=O)[C@H](C)CC(=O)[C@H](CC(C)C)N(C)C(=O)[C@H](C(C)C)CC(=O)[C@H](CC(C)C)N(C)C(=O)CN(C)C1=O. The molecule has 36 heteroatoms. The van der Waals surface area contributed by atoms with E-state index in [4.69, 9.17) is 10.1 Å². The molecular weight excluding hydrogens is 1600 g/mol. The summed E-state index contributed by atoms with van der Waals surface area (Å²) >= 11 is 0. The van der Waals surface area contributed by atoms with E-state index in [9.17, 15) is 72.2 Å². The summed E-state index contributed by atoms with van der Waals surface area (Å²) in [6.07, 6.45) is -3.09. The van der Waals surface area contributed by atoms with Gasteiger partial charge in [-0.05, 0) is 98.7 Å². The number of aliphatic hydroxyl groups is 1. The fourth-order valence-corrected chi connectivity index (χ4v) is 15.2. The molecule has 0 aliphatic carbocycles. The Kier molecular flexibility index (Phi) is 45.1. The first-order chi connectivity index (χ1) is 57.9. The van der Waals surface area contributed by atoms with Gasteiger partial charge in [0, 0.05) is 170 Å². The number of hydrogen-bond acceptors (Lipinski definition) is 20. The number of carbonyl (C=O) groups is 18. The number of carboxylic acids is 1. The van der Waals surface area contributed by atoms with Gasteiger partial charge in [-0.2, -0.15) is 0 Å². The van der Waals surface area contributed by atoms with E-state index >= 15 is 19.2 Å². The predicted octanol–water partition coefficient (Wildman–Crippen LogP) is 3.43. The third-order valence-corrected chi connectivity index (χ3v) is 22.6. The molecule has 1 aliphatic heterocycles. The Balaban J connectivity index is 2.03. The van der Waals surface area contributed by atoms with Crippen LogP contribution >= 0.6 is 0 Å². The second kappa shape index (κ2) is 51.8. The second-order valence-electron chi connectivity index (χ2n) is 35.7. The number of aliphatic carboxylic acids is 1. The zero-order valence-electron chi connectivity index (χ0n) is 77.5. The summed E-state index contributed by atoms with van der Waals surface area (Å²) in [5.41, 5.74) is 0.985. The summed E-state index contributed by atoms with van der Waals surface area (Å²) in [4.78, 5) is 266. The monoisotopic (exact) mass is 1750 g/mol. The van der Waals surface area contributed by atoms with E-state index in [1.807, 2.05) is 55.4 Å². The molecule has 36 nitrogen and oxygen atoms in total. The molecule has 12 atom stereocenters. The van der Waals surface area contributed by atoms with E-state index in [0.717, 1.165) is 9.80 Å². The minimum atomic E-state index is -1.73. The van der Waals surface area contributed by atoms with E-state index in [1.54, 1.807) is 47.6 Å². The van der Waals surface area contributed by atoms with Gasteiger partial charge in [-0.15, -0.1) is 0 Å². The van der Waals surface area contributed by atoms with Crippen molar-refractivity contribution in [3.05, 3.63) is 29.6 Å². The first-order valence-corrected chi connectivity index (χ1v) is 43.6. The van der Waals surface area contributed by atoms with E-state index in [-0.39, 0.29) is 158 Å². The third-order valence-electron chi connectivity index (χ3n) is 22.6. The summed E-state index contributed by atoms with van der Waals surface area (Å²) in [7, 11) is 9.92. The van der Waals surface area contributed by atoms with E-state index < -0.39 is 203 Å². The number of aromatic nitrogens is 2. The van der Waals surface area contributed by atoms with Crippen LogP contribution in [0, 0.1) is 59.2 Å². The molecule has 696 valence electrons. The number of nitrogens with one attached hydrogen (secondary N) is 8. The highest BCUT2D eigenvalue weighted by molar-refractivity contribution is 6.01. The van der Waals surface area contributed by atoms with Crippen LogP contribution < -0.4 is 37.2 Å². The van der Waals surface area contributed by atoms with Crippen LogP contribution in [0.15, 0.2) is 18.2 Å². The van der Waals surface area contributed by atoms with Gasteiger partial charge in [0.1, 0.15) is 36.0 Å². The predicted molar refractivity (Wildman–Crippen MR) is 465 cm³/mol. The fraction of sp³-hybridized carbons (Fsp3) is 0.716. The number of Topliss-reactive ketones (excluding diaryl/α,β-unsaturated/α-hetero) is 3. The lowest BCUT2D eigenvalue weighted by atomic mass is 9.84. The molecule has 124 heavy (non-hydrogen) atoms. The number of H-pyrrole nitrogens is 1. The lowest BCUT2D eigenvalue weighted by Gasteiger charge is -2.41. The van der Waals surface area contributed by atoms with Crippen molar-refractivity contribution in [2.75, 3.05) is 95.1 Å². The van der Waals surface area contributed by atoms with Crippen molar-refractivity contribution in [3.8, 4) is 0 Å². The topological polar surface area (TPSA) is 483 Å². The van der Waals surface area contributed by atoms with Gasteiger partial charge in [0.25, 0.3) is 5.91 Å². The summed E-state index contributed by atoms with van der Waals surface area (Å²) in [5, 5.41) is 39.6. The molecule has 1 saturated heterocycles. The van der Waals surface area contributed by atoms with Crippen LogP contribution in [0.5, 0.6) is 0 Å². The Labute approximate surface area is 731 Å². The van der Waals surface area contributed by atoms with Gasteiger partial charge in [0.15, 0.2) is 17.3 Å². The first kappa shape index (κ1) is 108. The molecule has 14 amide bonds. The van der Waals surface area contributed by atoms with Crippen molar-refractivity contribution in [3.63, 3.8) is 0 Å². The van der Waals surface area contributed by atoms with Crippen LogP contribution in [0.4, 0.5) is 0 Å². The molecule has 2 heterocycles. The van der Waals surface area contributed by atoms with E-state index in [2.05, 4.69) is 42.2 Å². The molecule has 0 saturated carbocycles. The normalized spacial score (nSPS) is 22.0. The number of ketones is 3. The van der Waals surface area contributed by atoms with Crippen molar-refractivity contribution >= 4 is 117 Å².